The van der Waals surface area contributed by atoms with Crippen molar-refractivity contribution >= 4 is 34.8 Å². The fourth-order valence-corrected chi connectivity index (χ4v) is 2.58. The average molecular weight is 323 g/mol. The molecule has 0 radical (unpaired) electrons. The lowest BCUT2D eigenvalue weighted by molar-refractivity contribution is 0.102. The molecule has 2 aromatic rings. The van der Waals surface area contributed by atoms with Gasteiger partial charge >= 0.3 is 0 Å². The van der Waals surface area contributed by atoms with Gasteiger partial charge in [-0.3, -0.25) is 4.79 Å². The summed E-state index contributed by atoms with van der Waals surface area (Å²) in [4.78, 5) is 16.2. The Balaban J connectivity index is 2.36. The summed E-state index contributed by atoms with van der Waals surface area (Å²) in [6.07, 6.45) is 0. The van der Waals surface area contributed by atoms with Gasteiger partial charge in [0, 0.05) is 11.3 Å². The van der Waals surface area contributed by atoms with Crippen molar-refractivity contribution in [1.29, 1.82) is 0 Å². The van der Waals surface area contributed by atoms with E-state index in [0.717, 1.165) is 16.8 Å². The molecule has 0 bridgehead atoms. The lowest BCUT2D eigenvalue weighted by Crippen LogP contribution is -2.15. The topological polar surface area (TPSA) is 42.0 Å². The fourth-order valence-electron chi connectivity index (χ4n) is 2.12. The zero-order valence-corrected chi connectivity index (χ0v) is 13.6. The third-order valence-electron chi connectivity index (χ3n) is 3.19. The van der Waals surface area contributed by atoms with E-state index in [-0.39, 0.29) is 16.2 Å². The van der Waals surface area contributed by atoms with E-state index in [0.29, 0.717) is 11.5 Å². The summed E-state index contributed by atoms with van der Waals surface area (Å²) in [5, 5.41) is 3.34. The number of nitrogens with one attached hydrogen (secondary N) is 1. The smallest absolute Gasteiger partial charge is 0.255 e. The highest BCUT2D eigenvalue weighted by molar-refractivity contribution is 6.33. The molecular formula is C16H16Cl2N2O. The summed E-state index contributed by atoms with van der Waals surface area (Å²) in [6.45, 7) is 6.14. The zero-order chi connectivity index (χ0) is 15.6. The molecule has 5 heteroatoms. The second kappa shape index (κ2) is 6.46. The number of carbonyl (C=O) groups is 1. The predicted molar refractivity (Wildman–Crippen MR) is 87.5 cm³/mol. The molecule has 0 saturated heterocycles. The number of aryl methyl sites for hydroxylation is 1. The molecule has 2 rings (SSSR count). The van der Waals surface area contributed by atoms with Crippen molar-refractivity contribution < 1.29 is 4.79 Å². The Morgan fingerprint density at radius 2 is 1.81 bits per heavy atom. The van der Waals surface area contributed by atoms with Crippen molar-refractivity contribution in [3.63, 3.8) is 0 Å². The summed E-state index contributed by atoms with van der Waals surface area (Å²) >= 11 is 11.7. The van der Waals surface area contributed by atoms with E-state index in [1.165, 1.54) is 12.1 Å². The predicted octanol–water partition coefficient (Wildman–Crippen LogP) is 5.07. The number of aromatic nitrogens is 1. The monoisotopic (exact) mass is 322 g/mol. The van der Waals surface area contributed by atoms with E-state index in [1.54, 1.807) is 0 Å². The van der Waals surface area contributed by atoms with Crippen LogP contribution in [0.25, 0.3) is 0 Å². The molecule has 1 aromatic heterocycles. The van der Waals surface area contributed by atoms with Crippen LogP contribution in [0.15, 0.2) is 30.3 Å². The molecule has 0 fully saturated rings. The summed E-state index contributed by atoms with van der Waals surface area (Å²) in [7, 11) is 0. The van der Waals surface area contributed by atoms with Crippen molar-refractivity contribution in [2.45, 2.75) is 26.7 Å². The standard InChI is InChI=1S/C16H16Cl2N2O/c1-9(2)12-6-4-5-10(3)15(12)20-16(21)11-7-13(17)19-14(18)8-11/h4-9H,1-3H3,(H,20,21). The van der Waals surface area contributed by atoms with Crippen LogP contribution in [0.3, 0.4) is 0 Å². The molecule has 1 heterocycles. The van der Waals surface area contributed by atoms with Crippen LogP contribution in [0.5, 0.6) is 0 Å². The van der Waals surface area contributed by atoms with Gasteiger partial charge in [0.15, 0.2) is 0 Å². The highest BCUT2D eigenvalue weighted by Crippen LogP contribution is 2.28. The van der Waals surface area contributed by atoms with Crippen LogP contribution in [0.4, 0.5) is 5.69 Å². The van der Waals surface area contributed by atoms with E-state index in [1.807, 2.05) is 25.1 Å². The molecule has 1 aromatic carbocycles. The Morgan fingerprint density at radius 3 is 2.38 bits per heavy atom. The summed E-state index contributed by atoms with van der Waals surface area (Å²) in [6, 6.07) is 8.96. The van der Waals surface area contributed by atoms with Crippen LogP contribution < -0.4 is 5.32 Å². The van der Waals surface area contributed by atoms with E-state index in [2.05, 4.69) is 24.1 Å². The molecular weight excluding hydrogens is 307 g/mol. The zero-order valence-electron chi connectivity index (χ0n) is 12.1. The number of amides is 1. The summed E-state index contributed by atoms with van der Waals surface area (Å²) in [5.74, 6) is 0.0576. The Bertz CT molecular complexity index is 664. The minimum Gasteiger partial charge on any atom is -0.321 e. The molecule has 1 amide bonds. The SMILES string of the molecule is Cc1cccc(C(C)C)c1NC(=O)c1cc(Cl)nc(Cl)c1. The molecule has 1 N–H and O–H groups in total. The second-order valence-electron chi connectivity index (χ2n) is 5.15. The van der Waals surface area contributed by atoms with Gasteiger partial charge in [0.25, 0.3) is 5.91 Å². The van der Waals surface area contributed by atoms with Crippen molar-refractivity contribution in [2.75, 3.05) is 5.32 Å². The minimum atomic E-state index is -0.252. The molecule has 0 unspecified atom stereocenters. The molecule has 0 saturated carbocycles. The number of para-hydroxylation sites is 1. The van der Waals surface area contributed by atoms with Crippen LogP contribution >= 0.6 is 23.2 Å². The molecule has 0 atom stereocenters. The van der Waals surface area contributed by atoms with E-state index < -0.39 is 0 Å². The fraction of sp³-hybridized carbons (Fsp3) is 0.250. The van der Waals surface area contributed by atoms with Crippen LogP contribution in [0, 0.1) is 6.92 Å². The molecule has 0 spiro atoms. The number of benzene rings is 1. The van der Waals surface area contributed by atoms with Gasteiger partial charge in [0.2, 0.25) is 0 Å². The van der Waals surface area contributed by atoms with Crippen LogP contribution in [0.2, 0.25) is 10.3 Å². The van der Waals surface area contributed by atoms with Gasteiger partial charge in [-0.25, -0.2) is 4.98 Å². The largest absolute Gasteiger partial charge is 0.321 e. The average Bonchev–Trinajstić information content (AvgIpc) is 2.39. The number of halogens is 2. The maximum absolute atomic E-state index is 12.4. The molecule has 3 nitrogen and oxygen atoms in total. The maximum atomic E-state index is 12.4. The van der Waals surface area contributed by atoms with Crippen molar-refractivity contribution in [3.8, 4) is 0 Å². The van der Waals surface area contributed by atoms with Crippen molar-refractivity contribution in [1.82, 2.24) is 4.98 Å². The molecule has 0 aliphatic heterocycles. The number of anilines is 1. The van der Waals surface area contributed by atoms with E-state index >= 15 is 0 Å². The van der Waals surface area contributed by atoms with Gasteiger partial charge in [0.05, 0.1) is 0 Å². The minimum absolute atomic E-state index is 0.196. The normalized spacial score (nSPS) is 10.8. The molecule has 0 aliphatic rings. The van der Waals surface area contributed by atoms with Crippen molar-refractivity contribution in [2.24, 2.45) is 0 Å². The number of pyridine rings is 1. The van der Waals surface area contributed by atoms with E-state index in [9.17, 15) is 4.79 Å². The van der Waals surface area contributed by atoms with Gasteiger partial charge in [-0.15, -0.1) is 0 Å². The lowest BCUT2D eigenvalue weighted by atomic mass is 9.98. The summed E-state index contributed by atoms with van der Waals surface area (Å²) in [5.41, 5.74) is 3.33. The maximum Gasteiger partial charge on any atom is 0.255 e. The first kappa shape index (κ1) is 15.8. The third-order valence-corrected chi connectivity index (χ3v) is 3.58. The number of carbonyl (C=O) groups excluding carboxylic acids is 1. The lowest BCUT2D eigenvalue weighted by Gasteiger charge is -2.16. The molecule has 110 valence electrons. The first-order chi connectivity index (χ1) is 9.88. The number of rotatable bonds is 3. The van der Waals surface area contributed by atoms with Gasteiger partial charge in [-0.2, -0.15) is 0 Å². The quantitative estimate of drug-likeness (QED) is 0.801. The highest BCUT2D eigenvalue weighted by Gasteiger charge is 2.14. The second-order valence-corrected chi connectivity index (χ2v) is 5.92. The van der Waals surface area contributed by atoms with Gasteiger partial charge in [0.1, 0.15) is 10.3 Å². The van der Waals surface area contributed by atoms with Gasteiger partial charge < -0.3 is 5.32 Å². The molecule has 0 aliphatic carbocycles. The van der Waals surface area contributed by atoms with Crippen LogP contribution in [-0.4, -0.2) is 10.9 Å². The Kier molecular flexibility index (Phi) is 4.86. The van der Waals surface area contributed by atoms with E-state index in [4.69, 9.17) is 23.2 Å². The van der Waals surface area contributed by atoms with Crippen molar-refractivity contribution in [3.05, 3.63) is 57.3 Å². The molecule has 21 heavy (non-hydrogen) atoms. The summed E-state index contributed by atoms with van der Waals surface area (Å²) < 4.78 is 0. The Hall–Kier alpha value is -1.58. The highest BCUT2D eigenvalue weighted by atomic mass is 35.5. The van der Waals surface area contributed by atoms with Crippen LogP contribution in [0.1, 0.15) is 41.3 Å². The Morgan fingerprint density at radius 1 is 1.19 bits per heavy atom. The van der Waals surface area contributed by atoms with Gasteiger partial charge in [-0.1, -0.05) is 55.2 Å². The third kappa shape index (κ3) is 3.74. The van der Waals surface area contributed by atoms with Crippen LogP contribution in [-0.2, 0) is 0 Å². The number of hydrogen-bond donors (Lipinski definition) is 1. The Labute approximate surface area is 134 Å². The van der Waals surface area contributed by atoms with Gasteiger partial charge in [-0.05, 0) is 36.1 Å². The first-order valence-corrected chi connectivity index (χ1v) is 7.38. The number of hydrogen-bond acceptors (Lipinski definition) is 2. The number of nitrogens with zero attached hydrogens (tertiary/aromatic N) is 1. The first-order valence-electron chi connectivity index (χ1n) is 6.62.